The van der Waals surface area contributed by atoms with Crippen molar-refractivity contribution in [1.82, 2.24) is 4.98 Å². The Bertz CT molecular complexity index is 343. The van der Waals surface area contributed by atoms with Gasteiger partial charge < -0.3 is 10.5 Å². The van der Waals surface area contributed by atoms with Crippen LogP contribution in [0.5, 0.6) is 5.88 Å². The van der Waals surface area contributed by atoms with E-state index in [2.05, 4.69) is 4.98 Å². The Kier molecular flexibility index (Phi) is 1.66. The van der Waals surface area contributed by atoms with Crippen LogP contribution in [-0.2, 0) is 0 Å². The Morgan fingerprint density at radius 2 is 2.07 bits per heavy atom. The van der Waals surface area contributed by atoms with E-state index >= 15 is 0 Å². The van der Waals surface area contributed by atoms with Crippen LogP contribution >= 0.6 is 0 Å². The fourth-order valence-electron chi connectivity index (χ4n) is 2.42. The Hall–Kier alpha value is -1.25. The zero-order valence-corrected chi connectivity index (χ0v) is 8.02. The lowest BCUT2D eigenvalue weighted by Gasteiger charge is -2.14. The van der Waals surface area contributed by atoms with Crippen molar-refractivity contribution in [2.24, 2.45) is 11.8 Å². The van der Waals surface area contributed by atoms with Crippen LogP contribution < -0.4 is 10.5 Å². The van der Waals surface area contributed by atoms with Gasteiger partial charge in [0.15, 0.2) is 0 Å². The molecule has 74 valence electrons. The molecule has 2 unspecified atom stereocenters. The highest BCUT2D eigenvalue weighted by molar-refractivity contribution is 5.47. The lowest BCUT2D eigenvalue weighted by Crippen LogP contribution is -2.15. The van der Waals surface area contributed by atoms with E-state index < -0.39 is 0 Å². The van der Waals surface area contributed by atoms with E-state index in [0.29, 0.717) is 17.7 Å². The van der Waals surface area contributed by atoms with Crippen molar-refractivity contribution in [2.45, 2.75) is 25.4 Å². The van der Waals surface area contributed by atoms with Gasteiger partial charge in [0.2, 0.25) is 5.88 Å². The molecule has 0 saturated heterocycles. The highest BCUT2D eigenvalue weighted by atomic mass is 16.5. The van der Waals surface area contributed by atoms with Gasteiger partial charge in [-0.1, -0.05) is 0 Å². The summed E-state index contributed by atoms with van der Waals surface area (Å²) in [5, 5.41) is 0. The number of rotatable bonds is 2. The second kappa shape index (κ2) is 2.87. The van der Waals surface area contributed by atoms with Gasteiger partial charge in [-0.15, -0.1) is 0 Å². The van der Waals surface area contributed by atoms with E-state index in [1.807, 2.05) is 12.1 Å². The van der Waals surface area contributed by atoms with Crippen molar-refractivity contribution in [2.75, 3.05) is 5.73 Å². The molecule has 3 rings (SSSR count). The Morgan fingerprint density at radius 1 is 1.29 bits per heavy atom. The van der Waals surface area contributed by atoms with Crippen molar-refractivity contribution in [3.05, 3.63) is 18.3 Å². The summed E-state index contributed by atoms with van der Waals surface area (Å²) in [5.41, 5.74) is 6.40. The fourth-order valence-corrected chi connectivity index (χ4v) is 2.42. The van der Waals surface area contributed by atoms with Crippen LogP contribution in [0, 0.1) is 11.8 Å². The number of nitrogens with zero attached hydrogens (tertiary/aromatic N) is 1. The minimum absolute atomic E-state index is 0.357. The summed E-state index contributed by atoms with van der Waals surface area (Å²) in [6.07, 6.45) is 5.89. The second-order valence-corrected chi connectivity index (χ2v) is 4.36. The van der Waals surface area contributed by atoms with Gasteiger partial charge in [-0.25, -0.2) is 4.98 Å². The summed E-state index contributed by atoms with van der Waals surface area (Å²) < 4.78 is 5.77. The normalized spacial score (nSPS) is 33.9. The molecule has 0 aromatic carbocycles. The third-order valence-electron chi connectivity index (χ3n) is 3.28. The summed E-state index contributed by atoms with van der Waals surface area (Å²) >= 11 is 0. The molecule has 2 N–H and O–H groups in total. The van der Waals surface area contributed by atoms with E-state index in [-0.39, 0.29) is 0 Å². The number of ether oxygens (including phenoxy) is 1. The van der Waals surface area contributed by atoms with E-state index in [9.17, 15) is 0 Å². The molecule has 2 fully saturated rings. The molecule has 3 nitrogen and oxygen atoms in total. The molecule has 3 heteroatoms. The number of nitrogens with two attached hydrogens (primary N) is 1. The van der Waals surface area contributed by atoms with Crippen LogP contribution in [0.1, 0.15) is 19.3 Å². The second-order valence-electron chi connectivity index (χ2n) is 4.36. The molecule has 2 saturated carbocycles. The molecule has 2 atom stereocenters. The molecule has 1 aromatic rings. The predicted octanol–water partition coefficient (Wildman–Crippen LogP) is 1.84. The topological polar surface area (TPSA) is 48.1 Å². The number of aromatic nitrogens is 1. The molecule has 0 bridgehead atoms. The molecular formula is C11H14N2O. The van der Waals surface area contributed by atoms with Gasteiger partial charge in [0.05, 0.1) is 5.69 Å². The summed E-state index contributed by atoms with van der Waals surface area (Å²) in [6, 6.07) is 3.66. The molecule has 1 heterocycles. The zero-order chi connectivity index (χ0) is 9.54. The van der Waals surface area contributed by atoms with Crippen LogP contribution in [0.3, 0.4) is 0 Å². The summed E-state index contributed by atoms with van der Waals surface area (Å²) in [5.74, 6) is 2.48. The average molecular weight is 190 g/mol. The first-order valence-corrected chi connectivity index (χ1v) is 5.20. The Morgan fingerprint density at radius 3 is 2.79 bits per heavy atom. The maximum absolute atomic E-state index is 5.77. The minimum atomic E-state index is 0.357. The molecule has 14 heavy (non-hydrogen) atoms. The highest BCUT2D eigenvalue weighted by Gasteiger charge is 2.47. The molecule has 0 aliphatic heterocycles. The Labute approximate surface area is 83.3 Å². The molecule has 2 aliphatic rings. The SMILES string of the molecule is Nc1cccnc1OC1CC2CC2C1. The van der Waals surface area contributed by atoms with Crippen LogP contribution in [0.2, 0.25) is 0 Å². The number of pyridine rings is 1. The summed E-state index contributed by atoms with van der Waals surface area (Å²) in [6.45, 7) is 0. The van der Waals surface area contributed by atoms with Crippen LogP contribution in [-0.4, -0.2) is 11.1 Å². The van der Waals surface area contributed by atoms with Crippen LogP contribution in [0.25, 0.3) is 0 Å². The molecule has 0 amide bonds. The highest BCUT2D eigenvalue weighted by Crippen LogP contribution is 2.52. The first-order chi connectivity index (χ1) is 6.83. The van der Waals surface area contributed by atoms with Gasteiger partial charge >= 0.3 is 0 Å². The van der Waals surface area contributed by atoms with Crippen LogP contribution in [0.15, 0.2) is 18.3 Å². The number of anilines is 1. The van der Waals surface area contributed by atoms with Gasteiger partial charge in [-0.2, -0.15) is 0 Å². The van der Waals surface area contributed by atoms with Crippen molar-refractivity contribution >= 4 is 5.69 Å². The lowest BCUT2D eigenvalue weighted by atomic mass is 10.2. The largest absolute Gasteiger partial charge is 0.473 e. The van der Waals surface area contributed by atoms with E-state index in [0.717, 1.165) is 11.8 Å². The van der Waals surface area contributed by atoms with Gasteiger partial charge in [-0.3, -0.25) is 0 Å². The molecule has 0 radical (unpaired) electrons. The summed E-state index contributed by atoms with van der Waals surface area (Å²) in [4.78, 5) is 4.13. The maximum atomic E-state index is 5.77. The number of nitrogen functional groups attached to an aromatic ring is 1. The number of hydrogen-bond donors (Lipinski definition) is 1. The third kappa shape index (κ3) is 1.33. The quantitative estimate of drug-likeness (QED) is 0.774. The Balaban J connectivity index is 1.69. The first-order valence-electron chi connectivity index (χ1n) is 5.20. The first kappa shape index (κ1) is 8.09. The molecular weight excluding hydrogens is 176 g/mol. The van der Waals surface area contributed by atoms with Crippen molar-refractivity contribution < 1.29 is 4.74 Å². The smallest absolute Gasteiger partial charge is 0.237 e. The van der Waals surface area contributed by atoms with E-state index in [1.54, 1.807) is 6.20 Å². The van der Waals surface area contributed by atoms with Crippen molar-refractivity contribution in [3.63, 3.8) is 0 Å². The van der Waals surface area contributed by atoms with Crippen molar-refractivity contribution in [1.29, 1.82) is 0 Å². The lowest BCUT2D eigenvalue weighted by molar-refractivity contribution is 0.188. The minimum Gasteiger partial charge on any atom is -0.473 e. The van der Waals surface area contributed by atoms with Crippen LogP contribution in [0.4, 0.5) is 5.69 Å². The number of hydrogen-bond acceptors (Lipinski definition) is 3. The van der Waals surface area contributed by atoms with Gasteiger partial charge in [0.25, 0.3) is 0 Å². The molecule has 0 spiro atoms. The zero-order valence-electron chi connectivity index (χ0n) is 8.02. The van der Waals surface area contributed by atoms with E-state index in [4.69, 9.17) is 10.5 Å². The molecule has 1 aromatic heterocycles. The van der Waals surface area contributed by atoms with Crippen molar-refractivity contribution in [3.8, 4) is 5.88 Å². The third-order valence-corrected chi connectivity index (χ3v) is 3.28. The maximum Gasteiger partial charge on any atom is 0.237 e. The average Bonchev–Trinajstić information content (AvgIpc) is 2.79. The van der Waals surface area contributed by atoms with Gasteiger partial charge in [0, 0.05) is 6.20 Å². The predicted molar refractivity (Wildman–Crippen MR) is 53.9 cm³/mol. The van der Waals surface area contributed by atoms with Gasteiger partial charge in [0.1, 0.15) is 6.10 Å². The van der Waals surface area contributed by atoms with E-state index in [1.165, 1.54) is 19.3 Å². The monoisotopic (exact) mass is 190 g/mol. The molecule has 2 aliphatic carbocycles. The summed E-state index contributed by atoms with van der Waals surface area (Å²) in [7, 11) is 0. The fraction of sp³-hybridized carbons (Fsp3) is 0.545. The number of fused-ring (bicyclic) bond motifs is 1. The standard InChI is InChI=1S/C11H14N2O/c12-10-2-1-3-13-11(10)14-9-5-7-4-8(7)6-9/h1-3,7-9H,4-6,12H2. The van der Waals surface area contributed by atoms with Gasteiger partial charge in [-0.05, 0) is 43.2 Å².